The zero-order valence-electron chi connectivity index (χ0n) is 8.79. The molecule has 13 heavy (non-hydrogen) atoms. The molecule has 1 atom stereocenters. The van der Waals surface area contributed by atoms with E-state index in [-0.39, 0.29) is 5.48 Å². The normalized spacial score (nSPS) is 12.2. The van der Waals surface area contributed by atoms with Crippen LogP contribution in [0.25, 0.3) is 0 Å². The van der Waals surface area contributed by atoms with Crippen LogP contribution in [0.3, 0.4) is 0 Å². The van der Waals surface area contributed by atoms with E-state index in [4.69, 9.17) is 4.52 Å². The van der Waals surface area contributed by atoms with E-state index < -0.39 is 16.3 Å². The minimum Gasteiger partial charge on any atom is -0.412 e. The highest BCUT2D eigenvalue weighted by Gasteiger charge is 2.18. The Morgan fingerprint density at radius 3 is 2.23 bits per heavy atom. The van der Waals surface area contributed by atoms with E-state index in [0.717, 1.165) is 6.42 Å². The van der Waals surface area contributed by atoms with Crippen molar-refractivity contribution in [3.63, 3.8) is 0 Å². The summed E-state index contributed by atoms with van der Waals surface area (Å²) in [7, 11) is -1.43. The molecule has 1 unspecified atom stereocenters. The first kappa shape index (κ1) is 15.7. The number of rotatable bonds is 6. The lowest BCUT2D eigenvalue weighted by Crippen LogP contribution is -2.19. The molecule has 0 rings (SSSR count). The van der Waals surface area contributed by atoms with Crippen LogP contribution in [0, 0.1) is 0 Å². The summed E-state index contributed by atoms with van der Waals surface area (Å²) >= 11 is 0. The van der Waals surface area contributed by atoms with Gasteiger partial charge in [0.2, 0.25) is 0 Å². The third-order valence-electron chi connectivity index (χ3n) is 1.42. The topological polar surface area (TPSA) is 67.0 Å². The molecule has 0 bridgehead atoms. The lowest BCUT2D eigenvalue weighted by atomic mass is 10.5. The maximum absolute atomic E-state index is 10.7. The summed E-state index contributed by atoms with van der Waals surface area (Å²) in [5.41, 5.74) is 0. The fraction of sp³-hybridized carbons (Fsp3) is 1.00. The molecule has 0 fully saturated rings. The highest BCUT2D eigenvalue weighted by atomic mass is 31.1. The van der Waals surface area contributed by atoms with Gasteiger partial charge in [-0.15, -0.1) is 9.05 Å². The average Bonchev–Trinajstić information content (AvgIpc) is 1.96. The van der Waals surface area contributed by atoms with Gasteiger partial charge in [0.15, 0.2) is 0 Å². The highest BCUT2D eigenvalue weighted by Crippen LogP contribution is 2.22. The first-order chi connectivity index (χ1) is 5.45. The molecule has 80 valence electrons. The number of hydrogen-bond donors (Lipinski definition) is 0. The zero-order chi connectivity index (χ0) is 9.61. The van der Waals surface area contributed by atoms with E-state index in [1.165, 1.54) is 13.2 Å². The monoisotopic (exact) mass is 227 g/mol. The SMILES string of the molecule is CO[P+](=O)OCCC[Si](C)(C)C.O. The van der Waals surface area contributed by atoms with Gasteiger partial charge in [0.05, 0.1) is 7.11 Å². The van der Waals surface area contributed by atoms with Crippen molar-refractivity contribution in [1.82, 2.24) is 0 Å². The predicted molar refractivity (Wildman–Crippen MR) is 57.0 cm³/mol. The van der Waals surface area contributed by atoms with Crippen molar-refractivity contribution in [3.8, 4) is 0 Å². The molecule has 4 nitrogen and oxygen atoms in total. The van der Waals surface area contributed by atoms with Crippen LogP contribution in [-0.2, 0) is 13.6 Å². The molecule has 0 aromatic rings. The van der Waals surface area contributed by atoms with Gasteiger partial charge in [0.1, 0.15) is 6.61 Å². The molecule has 0 saturated heterocycles. The molecule has 0 spiro atoms. The van der Waals surface area contributed by atoms with Crippen LogP contribution in [-0.4, -0.2) is 27.3 Å². The Hall–Kier alpha value is 0.197. The largest absolute Gasteiger partial charge is 0.697 e. The van der Waals surface area contributed by atoms with Crippen LogP contribution in [0.5, 0.6) is 0 Å². The van der Waals surface area contributed by atoms with Crippen LogP contribution in [0.2, 0.25) is 25.7 Å². The van der Waals surface area contributed by atoms with Crippen LogP contribution in [0.4, 0.5) is 0 Å². The van der Waals surface area contributed by atoms with Crippen LogP contribution >= 0.6 is 8.25 Å². The molecule has 0 aliphatic carbocycles. The first-order valence-corrected chi connectivity index (χ1v) is 8.90. The second-order valence-corrected chi connectivity index (χ2v) is 10.6. The Morgan fingerprint density at radius 1 is 1.31 bits per heavy atom. The second-order valence-electron chi connectivity index (χ2n) is 3.90. The van der Waals surface area contributed by atoms with Gasteiger partial charge in [0, 0.05) is 12.6 Å². The van der Waals surface area contributed by atoms with Crippen molar-refractivity contribution in [2.24, 2.45) is 0 Å². The molecule has 0 aromatic carbocycles. The summed E-state index contributed by atoms with van der Waals surface area (Å²) < 4.78 is 20.0. The molecule has 6 heteroatoms. The standard InChI is InChI=1S/C7H18O3PSi.H2O/c1-9-11(8)10-6-5-7-12(2,3)4;/h5-7H2,1-4H3;1H2/q+1;. The van der Waals surface area contributed by atoms with Crippen LogP contribution in [0.15, 0.2) is 0 Å². The van der Waals surface area contributed by atoms with Crippen molar-refractivity contribution in [3.05, 3.63) is 0 Å². The molecule has 0 aliphatic rings. The third-order valence-corrected chi connectivity index (χ3v) is 3.96. The maximum Gasteiger partial charge on any atom is 0.697 e. The molecule has 0 saturated carbocycles. The summed E-state index contributed by atoms with van der Waals surface area (Å²) in [5.74, 6) is 0. The van der Waals surface area contributed by atoms with Crippen LogP contribution < -0.4 is 0 Å². The molecule has 0 aliphatic heterocycles. The quantitative estimate of drug-likeness (QED) is 0.397. The molecular formula is C7H20O4PSi+. The van der Waals surface area contributed by atoms with Gasteiger partial charge in [-0.1, -0.05) is 25.7 Å². The van der Waals surface area contributed by atoms with Gasteiger partial charge in [0.25, 0.3) is 0 Å². The van der Waals surface area contributed by atoms with Crippen molar-refractivity contribution in [2.75, 3.05) is 13.7 Å². The van der Waals surface area contributed by atoms with Crippen LogP contribution in [0.1, 0.15) is 6.42 Å². The fourth-order valence-corrected chi connectivity index (χ4v) is 2.38. The van der Waals surface area contributed by atoms with E-state index >= 15 is 0 Å². The lowest BCUT2D eigenvalue weighted by molar-refractivity contribution is 0.256. The Kier molecular flexibility index (Phi) is 9.14. The maximum atomic E-state index is 10.7. The van der Waals surface area contributed by atoms with E-state index in [1.54, 1.807) is 0 Å². The predicted octanol–water partition coefficient (Wildman–Crippen LogP) is 2.21. The van der Waals surface area contributed by atoms with Crippen molar-refractivity contribution >= 4 is 16.3 Å². The second kappa shape index (κ2) is 7.59. The molecule has 0 heterocycles. The highest BCUT2D eigenvalue weighted by molar-refractivity contribution is 7.33. The van der Waals surface area contributed by atoms with E-state index in [2.05, 4.69) is 24.2 Å². The van der Waals surface area contributed by atoms with Gasteiger partial charge in [-0.25, -0.2) is 0 Å². The molecule has 2 N–H and O–H groups in total. The van der Waals surface area contributed by atoms with E-state index in [1.807, 2.05) is 0 Å². The zero-order valence-corrected chi connectivity index (χ0v) is 10.7. The molecular weight excluding hydrogens is 207 g/mol. The summed E-state index contributed by atoms with van der Waals surface area (Å²) in [5, 5.41) is 0. The summed E-state index contributed by atoms with van der Waals surface area (Å²) in [6.07, 6.45) is 0.986. The minimum atomic E-state index is -1.86. The average molecular weight is 227 g/mol. The van der Waals surface area contributed by atoms with Crippen molar-refractivity contribution in [1.29, 1.82) is 0 Å². The Bertz CT molecular complexity index is 146. The summed E-state index contributed by atoms with van der Waals surface area (Å²) in [4.78, 5) is 0. The molecule has 0 aromatic heterocycles. The van der Waals surface area contributed by atoms with E-state index in [0.29, 0.717) is 6.61 Å². The first-order valence-electron chi connectivity index (χ1n) is 4.10. The smallest absolute Gasteiger partial charge is 0.412 e. The van der Waals surface area contributed by atoms with Gasteiger partial charge in [-0.05, 0) is 6.42 Å². The van der Waals surface area contributed by atoms with Gasteiger partial charge < -0.3 is 5.48 Å². The lowest BCUT2D eigenvalue weighted by Gasteiger charge is -2.13. The van der Waals surface area contributed by atoms with Crippen molar-refractivity contribution < 1.29 is 19.1 Å². The van der Waals surface area contributed by atoms with E-state index in [9.17, 15) is 4.57 Å². The Balaban J connectivity index is 0. The van der Waals surface area contributed by atoms with Crippen molar-refractivity contribution in [2.45, 2.75) is 32.1 Å². The Morgan fingerprint density at radius 2 is 1.85 bits per heavy atom. The molecule has 0 amide bonds. The Labute approximate surface area is 81.9 Å². The van der Waals surface area contributed by atoms with Gasteiger partial charge in [-0.2, -0.15) is 0 Å². The summed E-state index contributed by atoms with van der Waals surface area (Å²) in [6.45, 7) is 7.48. The van der Waals surface area contributed by atoms with Gasteiger partial charge in [-0.3, -0.25) is 0 Å². The fourth-order valence-electron chi connectivity index (χ4n) is 0.794. The molecule has 0 radical (unpaired) electrons. The minimum absolute atomic E-state index is 0. The van der Waals surface area contributed by atoms with Gasteiger partial charge >= 0.3 is 8.25 Å². The third kappa shape index (κ3) is 12.2. The summed E-state index contributed by atoms with van der Waals surface area (Å²) in [6, 6.07) is 1.21. The number of hydrogen-bond acceptors (Lipinski definition) is 3.